The van der Waals surface area contributed by atoms with E-state index >= 15 is 0 Å². The van der Waals surface area contributed by atoms with Gasteiger partial charge in [-0.3, -0.25) is 9.10 Å². The average molecular weight is 368 g/mol. The predicted octanol–water partition coefficient (Wildman–Crippen LogP) is 1.01. The summed E-state index contributed by atoms with van der Waals surface area (Å²) in [7, 11) is -6.52. The van der Waals surface area contributed by atoms with Gasteiger partial charge in [0.25, 0.3) is 10.0 Å². The third-order valence-electron chi connectivity index (χ3n) is 3.40. The number of benzene rings is 2. The minimum atomic E-state index is -4.10. The number of hydrogen-bond acceptors (Lipinski definition) is 5. The van der Waals surface area contributed by atoms with Gasteiger partial charge in [-0.2, -0.15) is 0 Å². The highest BCUT2D eigenvalue weighted by atomic mass is 32.2. The second-order valence-corrected chi connectivity index (χ2v) is 9.02. The van der Waals surface area contributed by atoms with Crippen LogP contribution in [-0.2, 0) is 19.9 Å². The number of rotatable bonds is 5. The van der Waals surface area contributed by atoms with E-state index in [1.165, 1.54) is 55.6 Å². The zero-order chi connectivity index (χ0) is 18.1. The predicted molar refractivity (Wildman–Crippen MR) is 90.1 cm³/mol. The van der Waals surface area contributed by atoms with Gasteiger partial charge >= 0.3 is 0 Å². The molecule has 0 aromatic heterocycles. The number of primary amides is 1. The van der Waals surface area contributed by atoms with Crippen LogP contribution in [0.2, 0.25) is 0 Å². The van der Waals surface area contributed by atoms with Crippen LogP contribution in [0, 0.1) is 0 Å². The number of sulfone groups is 1. The summed E-state index contributed by atoms with van der Waals surface area (Å²) in [5, 5.41) is 0. The molecule has 0 atom stereocenters. The van der Waals surface area contributed by atoms with Crippen molar-refractivity contribution in [3.05, 3.63) is 54.1 Å². The zero-order valence-electron chi connectivity index (χ0n) is 13.0. The first-order valence-corrected chi connectivity index (χ1v) is 10.1. The van der Waals surface area contributed by atoms with Crippen LogP contribution in [0.5, 0.6) is 0 Å². The zero-order valence-corrected chi connectivity index (χ0v) is 14.6. The molecule has 128 valence electrons. The summed E-state index contributed by atoms with van der Waals surface area (Å²) in [5.74, 6) is -0.630. The van der Waals surface area contributed by atoms with Crippen LogP contribution >= 0.6 is 0 Å². The SMILES string of the molecule is CN(c1ccc(C(N)=O)cc1)S(=O)(=O)c1ccccc1S(C)(=O)=O. The molecule has 2 aromatic carbocycles. The van der Waals surface area contributed by atoms with E-state index in [9.17, 15) is 21.6 Å². The van der Waals surface area contributed by atoms with Crippen molar-refractivity contribution in [2.24, 2.45) is 5.73 Å². The van der Waals surface area contributed by atoms with Crippen molar-refractivity contribution in [1.29, 1.82) is 0 Å². The summed E-state index contributed by atoms with van der Waals surface area (Å²) < 4.78 is 50.2. The van der Waals surface area contributed by atoms with Crippen molar-refractivity contribution < 1.29 is 21.6 Å². The molecule has 0 bridgehead atoms. The summed E-state index contributed by atoms with van der Waals surface area (Å²) in [6, 6.07) is 11.0. The molecule has 0 aliphatic rings. The number of sulfonamides is 1. The lowest BCUT2D eigenvalue weighted by Crippen LogP contribution is -2.28. The number of anilines is 1. The summed E-state index contributed by atoms with van der Waals surface area (Å²) >= 11 is 0. The molecule has 0 unspecified atom stereocenters. The van der Waals surface area contributed by atoms with Crippen LogP contribution in [0.3, 0.4) is 0 Å². The second kappa shape index (κ2) is 6.25. The lowest BCUT2D eigenvalue weighted by molar-refractivity contribution is 0.100. The largest absolute Gasteiger partial charge is 0.366 e. The van der Waals surface area contributed by atoms with Gasteiger partial charge in [-0.25, -0.2) is 16.8 Å². The Morgan fingerprint density at radius 1 is 0.917 bits per heavy atom. The maximum atomic E-state index is 12.8. The molecule has 0 aliphatic carbocycles. The van der Waals surface area contributed by atoms with Gasteiger partial charge in [0.2, 0.25) is 5.91 Å². The fourth-order valence-corrected chi connectivity index (χ4v) is 4.89. The molecule has 0 saturated heterocycles. The summed E-state index contributed by atoms with van der Waals surface area (Å²) in [5.41, 5.74) is 5.65. The number of nitrogens with two attached hydrogens (primary N) is 1. The third kappa shape index (κ3) is 3.41. The van der Waals surface area contributed by atoms with Crippen molar-refractivity contribution in [3.63, 3.8) is 0 Å². The van der Waals surface area contributed by atoms with E-state index < -0.39 is 25.8 Å². The van der Waals surface area contributed by atoms with Gasteiger partial charge in [-0.1, -0.05) is 12.1 Å². The summed E-state index contributed by atoms with van der Waals surface area (Å²) in [6.07, 6.45) is 0.947. The van der Waals surface area contributed by atoms with Crippen LogP contribution in [0.4, 0.5) is 5.69 Å². The van der Waals surface area contributed by atoms with E-state index in [1.807, 2.05) is 0 Å². The minimum absolute atomic E-state index is 0.237. The van der Waals surface area contributed by atoms with Crippen molar-refractivity contribution in [1.82, 2.24) is 0 Å². The van der Waals surface area contributed by atoms with Gasteiger partial charge in [-0.15, -0.1) is 0 Å². The molecular weight excluding hydrogens is 352 g/mol. The van der Waals surface area contributed by atoms with Crippen LogP contribution in [0.15, 0.2) is 58.3 Å². The topological polar surface area (TPSA) is 115 Å². The third-order valence-corrected chi connectivity index (χ3v) is 6.53. The van der Waals surface area contributed by atoms with Crippen molar-refractivity contribution in [3.8, 4) is 0 Å². The smallest absolute Gasteiger partial charge is 0.265 e. The van der Waals surface area contributed by atoms with E-state index in [2.05, 4.69) is 0 Å². The molecule has 2 N–H and O–H groups in total. The standard InChI is InChI=1S/C15H16N2O5S2/c1-17(12-9-7-11(8-10-12)15(16)18)24(21,22)14-6-4-3-5-13(14)23(2,19)20/h3-10H,1-2H3,(H2,16,18). The van der Waals surface area contributed by atoms with Crippen molar-refractivity contribution in [2.45, 2.75) is 9.79 Å². The molecule has 1 amide bonds. The molecule has 0 saturated carbocycles. The van der Waals surface area contributed by atoms with Crippen LogP contribution in [0.25, 0.3) is 0 Å². The van der Waals surface area contributed by atoms with Crippen LogP contribution in [-0.4, -0.2) is 36.0 Å². The Bertz CT molecular complexity index is 981. The molecule has 9 heteroatoms. The average Bonchev–Trinajstić information content (AvgIpc) is 2.53. The molecule has 0 radical (unpaired) electrons. The van der Waals surface area contributed by atoms with E-state index in [4.69, 9.17) is 5.73 Å². The number of amides is 1. The molecule has 0 aliphatic heterocycles. The van der Waals surface area contributed by atoms with Gasteiger partial charge in [0.1, 0.15) is 4.90 Å². The Morgan fingerprint density at radius 3 is 1.88 bits per heavy atom. The molecular formula is C15H16N2O5S2. The molecule has 0 spiro atoms. The maximum absolute atomic E-state index is 12.8. The fourth-order valence-electron chi connectivity index (χ4n) is 2.09. The molecule has 7 nitrogen and oxygen atoms in total. The second-order valence-electron chi connectivity index (χ2n) is 5.10. The van der Waals surface area contributed by atoms with E-state index in [0.29, 0.717) is 0 Å². The monoisotopic (exact) mass is 368 g/mol. The quantitative estimate of drug-likeness (QED) is 0.846. The highest BCUT2D eigenvalue weighted by Gasteiger charge is 2.27. The Hall–Kier alpha value is -2.39. The Kier molecular flexibility index (Phi) is 4.68. The number of hydrogen-bond donors (Lipinski definition) is 1. The fraction of sp³-hybridized carbons (Fsp3) is 0.133. The molecule has 2 rings (SSSR count). The first-order valence-electron chi connectivity index (χ1n) is 6.73. The molecule has 0 fully saturated rings. The normalized spacial score (nSPS) is 11.9. The van der Waals surface area contributed by atoms with Gasteiger partial charge in [0.15, 0.2) is 9.84 Å². The Labute approximate surface area is 140 Å². The highest BCUT2D eigenvalue weighted by molar-refractivity contribution is 7.95. The maximum Gasteiger partial charge on any atom is 0.265 e. The number of carbonyl (C=O) groups excluding carboxylic acids is 1. The van der Waals surface area contributed by atoms with Crippen LogP contribution in [0.1, 0.15) is 10.4 Å². The van der Waals surface area contributed by atoms with E-state index in [1.54, 1.807) is 0 Å². The number of carbonyl (C=O) groups is 1. The lowest BCUT2D eigenvalue weighted by Gasteiger charge is -2.21. The van der Waals surface area contributed by atoms with Gasteiger partial charge in [0, 0.05) is 18.9 Å². The molecule has 0 heterocycles. The summed E-state index contributed by atoms with van der Waals surface area (Å²) in [4.78, 5) is 10.5. The van der Waals surface area contributed by atoms with Gasteiger partial charge in [-0.05, 0) is 36.4 Å². The Morgan fingerprint density at radius 2 is 1.42 bits per heavy atom. The molecule has 2 aromatic rings. The molecule has 24 heavy (non-hydrogen) atoms. The van der Waals surface area contributed by atoms with E-state index in [-0.39, 0.29) is 21.0 Å². The van der Waals surface area contributed by atoms with Gasteiger partial charge < -0.3 is 5.73 Å². The lowest BCUT2D eigenvalue weighted by atomic mass is 10.2. The van der Waals surface area contributed by atoms with Crippen LogP contribution < -0.4 is 10.0 Å². The summed E-state index contributed by atoms with van der Waals surface area (Å²) in [6.45, 7) is 0. The Balaban J connectivity index is 2.53. The highest BCUT2D eigenvalue weighted by Crippen LogP contribution is 2.27. The minimum Gasteiger partial charge on any atom is -0.366 e. The van der Waals surface area contributed by atoms with Crippen molar-refractivity contribution >= 4 is 31.5 Å². The number of nitrogens with zero attached hydrogens (tertiary/aromatic N) is 1. The van der Waals surface area contributed by atoms with E-state index in [0.717, 1.165) is 10.6 Å². The first kappa shape index (κ1) is 18.0. The van der Waals surface area contributed by atoms with Gasteiger partial charge in [0.05, 0.1) is 10.6 Å². The first-order chi connectivity index (χ1) is 11.0. The van der Waals surface area contributed by atoms with Crippen molar-refractivity contribution in [2.75, 3.05) is 17.6 Å².